The van der Waals surface area contributed by atoms with Gasteiger partial charge in [-0.05, 0) is 11.0 Å². The first-order valence-electron chi connectivity index (χ1n) is 2.26. The average molecular weight is 413 g/mol. The van der Waals surface area contributed by atoms with Crippen LogP contribution in [0.1, 0.15) is 0 Å². The van der Waals surface area contributed by atoms with Crippen molar-refractivity contribution in [3.8, 4) is 0 Å². The Morgan fingerprint density at radius 1 is 0.722 bits per heavy atom. The van der Waals surface area contributed by atoms with Gasteiger partial charge >= 0.3 is 44.7 Å². The van der Waals surface area contributed by atoms with E-state index >= 15 is 0 Å². The van der Waals surface area contributed by atoms with Gasteiger partial charge in [0.1, 0.15) is 0 Å². The Balaban J connectivity index is -0.0000000277. The molecule has 0 rings (SSSR count). The molecule has 0 bridgehead atoms. The summed E-state index contributed by atoms with van der Waals surface area (Å²) in [6.07, 6.45) is 0. The summed E-state index contributed by atoms with van der Waals surface area (Å²) >= 11 is 0. The van der Waals surface area contributed by atoms with Crippen molar-refractivity contribution < 1.29 is 77.2 Å². The van der Waals surface area contributed by atoms with Crippen molar-refractivity contribution in [2.75, 3.05) is 0 Å². The molecular weight excluding hydrogens is 405 g/mol. The molecule has 104 valence electrons. The minimum atomic E-state index is -5.39. The molecule has 0 spiro atoms. The van der Waals surface area contributed by atoms with E-state index < -0.39 is 23.5 Å². The monoisotopic (exact) mass is 412 g/mol. The molecule has 18 heteroatoms. The van der Waals surface area contributed by atoms with E-state index in [9.17, 15) is 0 Å². The van der Waals surface area contributed by atoms with E-state index in [2.05, 4.69) is 0 Å². The molecule has 0 saturated heterocycles. The number of hydrogen-bond acceptors (Lipinski definition) is 8. The first kappa shape index (κ1) is 36.7. The van der Waals surface area contributed by atoms with Gasteiger partial charge in [-0.15, -0.1) is 0 Å². The zero-order chi connectivity index (χ0) is 13.5. The first-order chi connectivity index (χ1) is 6.00. The van der Waals surface area contributed by atoms with Crippen LogP contribution in [0.4, 0.5) is 0 Å². The normalized spacial score (nSPS) is 9.83. The Hall–Kier alpha value is 1.70. The SMILES string of the molecule is O=P(O)(O)O.O=P([O-])([O-])O.O=P([O-])([O-])[O-].[Al+3].[SiH4].[Zn+2]. The molecule has 0 saturated carbocycles. The maximum Gasteiger partial charge on any atom is 3.00 e. The van der Waals surface area contributed by atoms with Crippen LogP contribution in [-0.4, -0.2) is 47.9 Å². The van der Waals surface area contributed by atoms with Crippen molar-refractivity contribution in [3.63, 3.8) is 0 Å². The van der Waals surface area contributed by atoms with Crippen LogP contribution in [0, 0.1) is 0 Å². The third-order valence-electron chi connectivity index (χ3n) is 0. The third kappa shape index (κ3) is 1700. The molecule has 0 aliphatic carbocycles. The fourth-order valence-electron chi connectivity index (χ4n) is 0. The van der Waals surface area contributed by atoms with Gasteiger partial charge in [0.15, 0.2) is 0 Å². The molecule has 0 amide bonds. The minimum Gasteiger partial charge on any atom is -0.822 e. The van der Waals surface area contributed by atoms with E-state index in [-0.39, 0.29) is 47.8 Å². The zero-order valence-electron chi connectivity index (χ0n) is 7.68. The van der Waals surface area contributed by atoms with Gasteiger partial charge in [0.25, 0.3) is 0 Å². The second-order valence-electron chi connectivity index (χ2n) is 1.43. The predicted molar refractivity (Wildman–Crippen MR) is 48.8 cm³/mol. The standard InChI is InChI=1S/Al.3H3O4P.H4Si.Zn/c;3*1-5(2,3)4;;/h;3*(H3,1,2,3,4);1H4;/q+3;;;;;+2/p-5. The summed E-state index contributed by atoms with van der Waals surface area (Å²) in [5.41, 5.74) is 0. The topological polar surface area (TPSA) is 247 Å². The van der Waals surface area contributed by atoms with Gasteiger partial charge in [-0.1, -0.05) is 0 Å². The summed E-state index contributed by atoms with van der Waals surface area (Å²) in [5, 5.41) is 0. The van der Waals surface area contributed by atoms with Crippen LogP contribution < -0.4 is 24.5 Å². The zero-order valence-corrected chi connectivity index (χ0v) is 14.5. The van der Waals surface area contributed by atoms with Crippen molar-refractivity contribution in [3.05, 3.63) is 0 Å². The van der Waals surface area contributed by atoms with Crippen LogP contribution in [0.2, 0.25) is 0 Å². The molecule has 0 aliphatic heterocycles. The Kier molecular flexibility index (Phi) is 30.8. The quantitative estimate of drug-likeness (QED) is 0.213. The van der Waals surface area contributed by atoms with E-state index in [1.807, 2.05) is 0 Å². The van der Waals surface area contributed by atoms with E-state index in [1.54, 1.807) is 0 Å². The van der Waals surface area contributed by atoms with Gasteiger partial charge < -0.3 is 53.2 Å². The summed E-state index contributed by atoms with van der Waals surface area (Å²) in [7, 11) is -15.2. The molecule has 18 heavy (non-hydrogen) atoms. The smallest absolute Gasteiger partial charge is 0.822 e. The molecule has 0 aromatic carbocycles. The Morgan fingerprint density at radius 2 is 0.722 bits per heavy atom. The largest absolute Gasteiger partial charge is 3.00 e. The van der Waals surface area contributed by atoms with E-state index in [0.29, 0.717) is 0 Å². The fourth-order valence-corrected chi connectivity index (χ4v) is 0. The molecule has 0 aromatic rings. The molecule has 4 N–H and O–H groups in total. The summed E-state index contributed by atoms with van der Waals surface area (Å²) in [5.74, 6) is 0. The van der Waals surface area contributed by atoms with Crippen molar-refractivity contribution >= 4 is 51.8 Å². The predicted octanol–water partition coefficient (Wildman–Crippen LogP) is -7.78. The van der Waals surface area contributed by atoms with E-state index in [0.717, 1.165) is 0 Å². The fraction of sp³-hybridized carbons (Fsp3) is 0. The van der Waals surface area contributed by atoms with Gasteiger partial charge in [0.05, 0.1) is 7.82 Å². The maximum atomic E-state index is 8.88. The number of phosphoric acid groups is 3. The molecule has 12 nitrogen and oxygen atoms in total. The molecule has 0 atom stereocenters. The molecule has 0 aromatic heterocycles. The van der Waals surface area contributed by atoms with Crippen LogP contribution >= 0.6 is 23.5 Å². The van der Waals surface area contributed by atoms with Crippen LogP contribution in [0.25, 0.3) is 0 Å². The van der Waals surface area contributed by atoms with Gasteiger partial charge in [0, 0.05) is 0 Å². The van der Waals surface area contributed by atoms with Crippen molar-refractivity contribution in [1.82, 2.24) is 0 Å². The van der Waals surface area contributed by atoms with E-state index in [1.165, 1.54) is 0 Å². The van der Waals surface area contributed by atoms with E-state index in [4.69, 9.17) is 57.7 Å². The van der Waals surface area contributed by atoms with Gasteiger partial charge in [-0.25, -0.2) is 4.57 Å². The van der Waals surface area contributed by atoms with Crippen molar-refractivity contribution in [2.45, 2.75) is 0 Å². The average Bonchev–Trinajstić information content (AvgIpc) is 1.41. The molecule has 0 aliphatic rings. The van der Waals surface area contributed by atoms with Crippen LogP contribution in [-0.2, 0) is 33.2 Å². The second-order valence-corrected chi connectivity index (χ2v) is 4.29. The van der Waals surface area contributed by atoms with Crippen LogP contribution in [0.5, 0.6) is 0 Å². The molecular formula is H8AlO12P3SiZn. The Bertz CT molecular complexity index is 213. The number of hydrogen-bond donors (Lipinski definition) is 4. The summed E-state index contributed by atoms with van der Waals surface area (Å²) in [6.45, 7) is 0. The third-order valence-corrected chi connectivity index (χ3v) is 0. The first-order valence-corrected chi connectivity index (χ1v) is 6.78. The van der Waals surface area contributed by atoms with Crippen molar-refractivity contribution in [2.24, 2.45) is 0 Å². The van der Waals surface area contributed by atoms with Crippen LogP contribution in [0.3, 0.4) is 0 Å². The second kappa shape index (κ2) is 15.1. The van der Waals surface area contributed by atoms with Crippen molar-refractivity contribution in [1.29, 1.82) is 0 Å². The summed E-state index contributed by atoms with van der Waals surface area (Å²) in [4.78, 5) is 71.5. The Morgan fingerprint density at radius 3 is 0.722 bits per heavy atom. The molecule has 0 fully saturated rings. The minimum absolute atomic E-state index is 0. The molecule has 0 unspecified atom stereocenters. The van der Waals surface area contributed by atoms with Gasteiger partial charge in [0.2, 0.25) is 0 Å². The summed E-state index contributed by atoms with van der Waals surface area (Å²) in [6, 6.07) is 0. The number of rotatable bonds is 0. The van der Waals surface area contributed by atoms with Gasteiger partial charge in [-0.3, -0.25) is 0 Å². The molecule has 0 radical (unpaired) electrons. The molecule has 0 heterocycles. The maximum absolute atomic E-state index is 8.88. The summed E-state index contributed by atoms with van der Waals surface area (Å²) < 4.78 is 26.1. The Labute approximate surface area is 129 Å². The van der Waals surface area contributed by atoms with Crippen LogP contribution in [0.15, 0.2) is 0 Å². The van der Waals surface area contributed by atoms with Gasteiger partial charge in [-0.2, -0.15) is 7.82 Å².